The van der Waals surface area contributed by atoms with E-state index in [0.717, 1.165) is 51.4 Å². The first-order chi connectivity index (χ1) is 14.5. The Balaban J connectivity index is 1.80. The lowest BCUT2D eigenvalue weighted by molar-refractivity contribution is -0.199. The highest BCUT2D eigenvalue weighted by Gasteiger charge is 2.68. The Morgan fingerprint density at radius 1 is 0.933 bits per heavy atom. The molecule has 0 aromatic rings. The summed E-state index contributed by atoms with van der Waals surface area (Å²) < 4.78 is 24.0. The number of nitrogens with zero attached hydrogens (tertiary/aromatic N) is 1. The average Bonchev–Trinajstić information content (AvgIpc) is 3.38. The van der Waals surface area contributed by atoms with Gasteiger partial charge in [-0.1, -0.05) is 40.0 Å². The number of hydrogen-bond acceptors (Lipinski definition) is 6. The minimum absolute atomic E-state index is 0.200. The molecule has 0 aliphatic carbocycles. The zero-order chi connectivity index (χ0) is 21.7. The molecule has 3 fully saturated rings. The van der Waals surface area contributed by atoms with Crippen LogP contribution in [0.3, 0.4) is 0 Å². The van der Waals surface area contributed by atoms with Crippen LogP contribution < -0.4 is 0 Å². The van der Waals surface area contributed by atoms with Crippen molar-refractivity contribution in [1.82, 2.24) is 4.90 Å². The van der Waals surface area contributed by atoms with E-state index in [9.17, 15) is 9.59 Å². The standard InChI is InChI=1S/C23H39NO6/c1-5-9-12-23(13-10-6-2)29-19-17-15-16(21(25)27-8-4)18(20(19)30-23)24(17)22(26)28-14-11-7-3/h16-20H,5-15H2,1-4H3. The van der Waals surface area contributed by atoms with Gasteiger partial charge in [-0.25, -0.2) is 4.79 Å². The van der Waals surface area contributed by atoms with Crippen LogP contribution in [0.2, 0.25) is 0 Å². The van der Waals surface area contributed by atoms with Crippen LogP contribution in [-0.4, -0.2) is 60.3 Å². The fraction of sp³-hybridized carbons (Fsp3) is 0.913. The van der Waals surface area contributed by atoms with Crippen LogP contribution in [0.5, 0.6) is 0 Å². The number of hydrogen-bond donors (Lipinski definition) is 0. The van der Waals surface area contributed by atoms with Crippen LogP contribution >= 0.6 is 0 Å². The SMILES string of the molecule is CCCCOC(=O)N1C2CC(C(=O)OCC)C1C1OC(CCCC)(CCCC)OC12. The van der Waals surface area contributed by atoms with Crippen molar-refractivity contribution in [3.05, 3.63) is 0 Å². The summed E-state index contributed by atoms with van der Waals surface area (Å²) in [6, 6.07) is -0.577. The van der Waals surface area contributed by atoms with Crippen molar-refractivity contribution in [2.24, 2.45) is 5.92 Å². The number of carbonyl (C=O) groups excluding carboxylic acids is 2. The summed E-state index contributed by atoms with van der Waals surface area (Å²) in [5.41, 5.74) is 0. The Hall–Kier alpha value is -1.34. The van der Waals surface area contributed by atoms with Gasteiger partial charge < -0.3 is 18.9 Å². The van der Waals surface area contributed by atoms with Crippen LogP contribution in [0, 0.1) is 5.92 Å². The van der Waals surface area contributed by atoms with Gasteiger partial charge in [0.05, 0.1) is 31.2 Å². The molecule has 0 spiro atoms. The second kappa shape index (κ2) is 10.3. The zero-order valence-corrected chi connectivity index (χ0v) is 19.1. The van der Waals surface area contributed by atoms with Crippen LogP contribution in [0.4, 0.5) is 4.79 Å². The molecule has 2 bridgehead atoms. The van der Waals surface area contributed by atoms with Gasteiger partial charge in [0.25, 0.3) is 0 Å². The Morgan fingerprint density at radius 2 is 1.57 bits per heavy atom. The average molecular weight is 426 g/mol. The molecule has 0 aromatic heterocycles. The van der Waals surface area contributed by atoms with Gasteiger partial charge >= 0.3 is 12.1 Å². The molecule has 0 aromatic carbocycles. The van der Waals surface area contributed by atoms with E-state index in [1.807, 2.05) is 0 Å². The molecule has 0 radical (unpaired) electrons. The van der Waals surface area contributed by atoms with Crippen molar-refractivity contribution in [1.29, 1.82) is 0 Å². The number of ether oxygens (including phenoxy) is 4. The first-order valence-electron chi connectivity index (χ1n) is 12.0. The molecular formula is C23H39NO6. The molecule has 7 heteroatoms. The molecule has 0 N–H and O–H groups in total. The molecule has 3 saturated heterocycles. The van der Waals surface area contributed by atoms with Gasteiger partial charge in [-0.3, -0.25) is 9.69 Å². The van der Waals surface area contributed by atoms with E-state index in [4.69, 9.17) is 18.9 Å². The zero-order valence-electron chi connectivity index (χ0n) is 19.1. The van der Waals surface area contributed by atoms with Gasteiger partial charge in [-0.05, 0) is 32.6 Å². The van der Waals surface area contributed by atoms with Crippen LogP contribution in [0.1, 0.15) is 85.5 Å². The Morgan fingerprint density at radius 3 is 2.17 bits per heavy atom. The van der Waals surface area contributed by atoms with Crippen molar-refractivity contribution in [2.75, 3.05) is 13.2 Å². The summed E-state index contributed by atoms with van der Waals surface area (Å²) in [4.78, 5) is 27.3. The lowest BCUT2D eigenvalue weighted by Gasteiger charge is -2.33. The van der Waals surface area contributed by atoms with Gasteiger partial charge in [-0.15, -0.1) is 0 Å². The number of unbranched alkanes of at least 4 members (excludes halogenated alkanes) is 3. The monoisotopic (exact) mass is 425 g/mol. The van der Waals surface area contributed by atoms with E-state index in [1.165, 1.54) is 0 Å². The van der Waals surface area contributed by atoms with E-state index >= 15 is 0 Å². The third-order valence-corrected chi connectivity index (χ3v) is 6.67. The maximum atomic E-state index is 12.9. The van der Waals surface area contributed by atoms with Crippen LogP contribution in [-0.2, 0) is 23.7 Å². The third kappa shape index (κ3) is 4.47. The molecule has 3 rings (SSSR count). The summed E-state index contributed by atoms with van der Waals surface area (Å²) in [5, 5.41) is 0. The molecular weight excluding hydrogens is 386 g/mol. The molecule has 5 atom stereocenters. The van der Waals surface area contributed by atoms with E-state index in [2.05, 4.69) is 20.8 Å². The molecule has 3 aliphatic heterocycles. The molecule has 7 nitrogen and oxygen atoms in total. The number of carbonyl (C=O) groups is 2. The normalized spacial score (nSPS) is 31.1. The fourth-order valence-corrected chi connectivity index (χ4v) is 5.20. The van der Waals surface area contributed by atoms with Crippen molar-refractivity contribution in [2.45, 2.75) is 116 Å². The van der Waals surface area contributed by atoms with E-state index in [1.54, 1.807) is 11.8 Å². The Kier molecular flexibility index (Phi) is 8.02. The maximum Gasteiger partial charge on any atom is 0.410 e. The first kappa shape index (κ1) is 23.3. The second-order valence-corrected chi connectivity index (χ2v) is 8.81. The highest BCUT2D eigenvalue weighted by molar-refractivity contribution is 5.78. The van der Waals surface area contributed by atoms with Gasteiger partial charge in [0, 0.05) is 12.8 Å². The molecule has 0 saturated carbocycles. The third-order valence-electron chi connectivity index (χ3n) is 6.67. The smallest absolute Gasteiger partial charge is 0.410 e. The molecule has 3 aliphatic rings. The summed E-state index contributed by atoms with van der Waals surface area (Å²) in [6.45, 7) is 8.91. The predicted molar refractivity (Wildman–Crippen MR) is 112 cm³/mol. The Bertz CT molecular complexity index is 588. The summed E-state index contributed by atoms with van der Waals surface area (Å²) >= 11 is 0. The van der Waals surface area contributed by atoms with Crippen LogP contribution in [0.15, 0.2) is 0 Å². The highest BCUT2D eigenvalue weighted by atomic mass is 16.8. The van der Waals surface area contributed by atoms with E-state index in [0.29, 0.717) is 19.6 Å². The van der Waals surface area contributed by atoms with Gasteiger partial charge in [0.1, 0.15) is 12.2 Å². The van der Waals surface area contributed by atoms with Crippen molar-refractivity contribution >= 4 is 12.1 Å². The van der Waals surface area contributed by atoms with E-state index < -0.39 is 5.79 Å². The minimum Gasteiger partial charge on any atom is -0.466 e. The fourth-order valence-electron chi connectivity index (χ4n) is 5.20. The van der Waals surface area contributed by atoms with Crippen molar-refractivity contribution in [3.63, 3.8) is 0 Å². The van der Waals surface area contributed by atoms with Gasteiger partial charge in [-0.2, -0.15) is 0 Å². The van der Waals surface area contributed by atoms with Crippen LogP contribution in [0.25, 0.3) is 0 Å². The number of esters is 1. The highest BCUT2D eigenvalue weighted by Crippen LogP contribution is 2.52. The van der Waals surface area contributed by atoms with Gasteiger partial charge in [0.2, 0.25) is 0 Å². The maximum absolute atomic E-state index is 12.9. The summed E-state index contributed by atoms with van der Waals surface area (Å²) in [6.07, 6.45) is 7.38. The quantitative estimate of drug-likeness (QED) is 0.360. The minimum atomic E-state index is -0.598. The summed E-state index contributed by atoms with van der Waals surface area (Å²) in [5.74, 6) is -1.23. The molecule has 3 heterocycles. The Labute approximate surface area is 180 Å². The first-order valence-corrected chi connectivity index (χ1v) is 12.0. The topological polar surface area (TPSA) is 74.3 Å². The van der Waals surface area contributed by atoms with Crippen molar-refractivity contribution in [3.8, 4) is 0 Å². The number of amides is 1. The van der Waals surface area contributed by atoms with Gasteiger partial charge in [0.15, 0.2) is 5.79 Å². The lowest BCUT2D eigenvalue weighted by Crippen LogP contribution is -2.46. The lowest BCUT2D eigenvalue weighted by atomic mass is 9.85. The van der Waals surface area contributed by atoms with Crippen molar-refractivity contribution < 1.29 is 28.5 Å². The molecule has 30 heavy (non-hydrogen) atoms. The second-order valence-electron chi connectivity index (χ2n) is 8.81. The molecule has 1 amide bonds. The largest absolute Gasteiger partial charge is 0.466 e. The molecule has 5 unspecified atom stereocenters. The number of rotatable bonds is 11. The number of fused-ring (bicyclic) bond motifs is 5. The summed E-state index contributed by atoms with van der Waals surface area (Å²) in [7, 11) is 0. The molecule has 172 valence electrons. The predicted octanol–water partition coefficient (Wildman–Crippen LogP) is 4.42. The van der Waals surface area contributed by atoms with E-state index in [-0.39, 0.29) is 42.3 Å².